The second kappa shape index (κ2) is 6.14. The first-order valence-corrected chi connectivity index (χ1v) is 6.83. The molecule has 2 aromatic rings. The van der Waals surface area contributed by atoms with E-state index in [-0.39, 0.29) is 23.0 Å². The van der Waals surface area contributed by atoms with Crippen LogP contribution in [0.2, 0.25) is 0 Å². The number of hydrogen-bond acceptors (Lipinski definition) is 6. The molecule has 1 N–H and O–H groups in total. The molecule has 0 spiro atoms. The number of nitro groups is 1. The smallest absolute Gasteiger partial charge is 0.356 e. The Morgan fingerprint density at radius 3 is 2.43 bits per heavy atom. The third kappa shape index (κ3) is 3.52. The lowest BCUT2D eigenvalue weighted by atomic mass is 10.3. The molecule has 1 aromatic carbocycles. The summed E-state index contributed by atoms with van der Waals surface area (Å²) in [7, 11) is 0. The van der Waals surface area contributed by atoms with Crippen molar-refractivity contribution in [2.75, 3.05) is 0 Å². The summed E-state index contributed by atoms with van der Waals surface area (Å²) in [6.45, 7) is 0. The first-order chi connectivity index (χ1) is 9.88. The average molecular weight is 419 g/mol. The van der Waals surface area contributed by atoms with E-state index in [2.05, 4.69) is 41.8 Å². The van der Waals surface area contributed by atoms with Gasteiger partial charge in [-0.25, -0.2) is 9.78 Å². The van der Waals surface area contributed by atoms with Gasteiger partial charge in [-0.1, -0.05) is 0 Å². The van der Waals surface area contributed by atoms with Crippen LogP contribution in [0.5, 0.6) is 11.6 Å². The van der Waals surface area contributed by atoms with Crippen LogP contribution in [0.4, 0.5) is 5.69 Å². The molecular weight excluding hydrogens is 414 g/mol. The predicted octanol–water partition coefficient (Wildman–Crippen LogP) is 3.40. The van der Waals surface area contributed by atoms with E-state index in [1.165, 1.54) is 18.3 Å². The fourth-order valence-electron chi connectivity index (χ4n) is 1.35. The van der Waals surface area contributed by atoms with Gasteiger partial charge >= 0.3 is 5.97 Å². The van der Waals surface area contributed by atoms with Gasteiger partial charge in [0.1, 0.15) is 0 Å². The second-order valence-electron chi connectivity index (χ2n) is 3.65. The summed E-state index contributed by atoms with van der Waals surface area (Å²) in [4.78, 5) is 28.4. The molecule has 2 rings (SSSR count). The van der Waals surface area contributed by atoms with E-state index in [0.717, 1.165) is 6.20 Å². The number of halogens is 2. The highest BCUT2D eigenvalue weighted by Crippen LogP contribution is 2.39. The molecule has 0 aliphatic heterocycles. The van der Waals surface area contributed by atoms with Crippen LogP contribution in [0.25, 0.3) is 0 Å². The predicted molar refractivity (Wildman–Crippen MR) is 77.6 cm³/mol. The van der Waals surface area contributed by atoms with Gasteiger partial charge in [0.05, 0.1) is 26.3 Å². The number of carbonyl (C=O) groups is 1. The molecule has 0 saturated heterocycles. The van der Waals surface area contributed by atoms with Gasteiger partial charge in [0, 0.05) is 12.1 Å². The van der Waals surface area contributed by atoms with Crippen molar-refractivity contribution in [3.05, 3.63) is 49.3 Å². The molecule has 8 nitrogen and oxygen atoms in total. The number of carboxylic acid groups (broad SMARTS) is 1. The van der Waals surface area contributed by atoms with E-state index in [4.69, 9.17) is 9.84 Å². The third-order valence-corrected chi connectivity index (χ3v) is 3.41. The maximum absolute atomic E-state index is 10.8. The number of benzene rings is 1. The van der Waals surface area contributed by atoms with Crippen molar-refractivity contribution in [3.63, 3.8) is 0 Å². The number of rotatable bonds is 4. The van der Waals surface area contributed by atoms with Gasteiger partial charge in [0.25, 0.3) is 5.69 Å². The minimum atomic E-state index is -1.24. The Morgan fingerprint density at radius 1 is 1.29 bits per heavy atom. The van der Waals surface area contributed by atoms with Crippen molar-refractivity contribution in [2.24, 2.45) is 0 Å². The molecule has 1 heterocycles. The van der Waals surface area contributed by atoms with E-state index in [9.17, 15) is 14.9 Å². The molecule has 0 radical (unpaired) electrons. The molecule has 0 bridgehead atoms. The fraction of sp³-hybridized carbons (Fsp3) is 0. The van der Waals surface area contributed by atoms with Crippen LogP contribution < -0.4 is 4.74 Å². The molecule has 108 valence electrons. The van der Waals surface area contributed by atoms with Gasteiger partial charge in [-0.2, -0.15) is 0 Å². The molecule has 0 saturated carbocycles. The van der Waals surface area contributed by atoms with E-state index >= 15 is 0 Å². The number of hydrogen-bond donors (Lipinski definition) is 1. The summed E-state index contributed by atoms with van der Waals surface area (Å²) in [5.74, 6) is -1.07. The minimum Gasteiger partial charge on any atom is -0.476 e. The van der Waals surface area contributed by atoms with Crippen LogP contribution in [0.1, 0.15) is 10.5 Å². The van der Waals surface area contributed by atoms with Crippen molar-refractivity contribution < 1.29 is 19.6 Å². The summed E-state index contributed by atoms with van der Waals surface area (Å²) in [5.41, 5.74) is -0.409. The monoisotopic (exact) mass is 417 g/mol. The molecule has 0 aliphatic carbocycles. The first-order valence-electron chi connectivity index (χ1n) is 5.25. The van der Waals surface area contributed by atoms with Crippen LogP contribution in [0.15, 0.2) is 33.5 Å². The largest absolute Gasteiger partial charge is 0.476 e. The van der Waals surface area contributed by atoms with Crippen LogP contribution in [-0.2, 0) is 0 Å². The Labute approximate surface area is 134 Å². The standard InChI is InChI=1S/C11H5Br2N3O5/c12-6-1-5(16(19)20)2-7(13)10(6)21-9-4-14-3-8(15-9)11(17)18/h1-4H,(H,17,18). The molecule has 21 heavy (non-hydrogen) atoms. The lowest BCUT2D eigenvalue weighted by Crippen LogP contribution is -2.02. The lowest BCUT2D eigenvalue weighted by Gasteiger charge is -2.09. The molecular formula is C11H5Br2N3O5. The number of ether oxygens (including phenoxy) is 1. The molecule has 1 aromatic heterocycles. The zero-order chi connectivity index (χ0) is 15.6. The number of carboxylic acids is 1. The normalized spacial score (nSPS) is 10.2. The number of nitro benzene ring substituents is 1. The van der Waals surface area contributed by atoms with E-state index in [0.29, 0.717) is 8.95 Å². The Bertz CT molecular complexity index is 715. The Hall–Kier alpha value is -2.07. The Morgan fingerprint density at radius 2 is 1.90 bits per heavy atom. The van der Waals surface area contributed by atoms with Gasteiger partial charge in [0.2, 0.25) is 5.88 Å². The molecule has 10 heteroatoms. The number of nitrogens with zero attached hydrogens (tertiary/aromatic N) is 3. The van der Waals surface area contributed by atoms with E-state index in [1.807, 2.05) is 0 Å². The van der Waals surface area contributed by atoms with Crippen LogP contribution in [0, 0.1) is 10.1 Å². The van der Waals surface area contributed by atoms with E-state index < -0.39 is 10.9 Å². The SMILES string of the molecule is O=C(O)c1cncc(Oc2c(Br)cc([N+](=O)[O-])cc2Br)n1. The van der Waals surface area contributed by atoms with Crippen molar-refractivity contribution in [3.8, 4) is 11.6 Å². The van der Waals surface area contributed by atoms with Crippen LogP contribution >= 0.6 is 31.9 Å². The highest BCUT2D eigenvalue weighted by atomic mass is 79.9. The molecule has 0 fully saturated rings. The van der Waals surface area contributed by atoms with Gasteiger partial charge in [0.15, 0.2) is 11.4 Å². The minimum absolute atomic E-state index is 0.0508. The van der Waals surface area contributed by atoms with E-state index in [1.54, 1.807) is 0 Å². The highest BCUT2D eigenvalue weighted by Gasteiger charge is 2.17. The van der Waals surface area contributed by atoms with Crippen LogP contribution in [-0.4, -0.2) is 26.0 Å². The number of aromatic carboxylic acids is 1. The highest BCUT2D eigenvalue weighted by molar-refractivity contribution is 9.11. The van der Waals surface area contributed by atoms with Crippen molar-refractivity contribution >= 4 is 43.5 Å². The average Bonchev–Trinajstić information content (AvgIpc) is 2.42. The molecule has 0 aliphatic rings. The second-order valence-corrected chi connectivity index (χ2v) is 5.35. The maximum Gasteiger partial charge on any atom is 0.356 e. The summed E-state index contributed by atoms with van der Waals surface area (Å²) < 4.78 is 6.03. The Balaban J connectivity index is 2.38. The molecule has 0 amide bonds. The van der Waals surface area contributed by atoms with Crippen LogP contribution in [0.3, 0.4) is 0 Å². The van der Waals surface area contributed by atoms with Gasteiger partial charge in [-0.05, 0) is 31.9 Å². The van der Waals surface area contributed by atoms with Crippen molar-refractivity contribution in [1.29, 1.82) is 0 Å². The van der Waals surface area contributed by atoms with Crippen molar-refractivity contribution in [2.45, 2.75) is 0 Å². The first kappa shape index (κ1) is 15.3. The van der Waals surface area contributed by atoms with Gasteiger partial charge in [-0.3, -0.25) is 15.1 Å². The third-order valence-electron chi connectivity index (χ3n) is 2.23. The molecule has 0 atom stereocenters. The summed E-state index contributed by atoms with van der Waals surface area (Å²) >= 11 is 6.29. The topological polar surface area (TPSA) is 115 Å². The fourth-order valence-corrected chi connectivity index (χ4v) is 2.68. The van der Waals surface area contributed by atoms with Gasteiger partial charge < -0.3 is 9.84 Å². The quantitative estimate of drug-likeness (QED) is 0.597. The summed E-state index contributed by atoms with van der Waals surface area (Å²) in [6.07, 6.45) is 2.31. The maximum atomic E-state index is 10.8. The zero-order valence-corrected chi connectivity index (χ0v) is 13.2. The number of non-ortho nitro benzene ring substituents is 1. The number of aromatic nitrogens is 2. The summed E-state index contributed by atoms with van der Waals surface area (Å²) in [5, 5.41) is 19.6. The lowest BCUT2D eigenvalue weighted by molar-refractivity contribution is -0.385. The molecule has 0 unspecified atom stereocenters. The zero-order valence-electron chi connectivity index (χ0n) is 9.99. The summed E-state index contributed by atoms with van der Waals surface area (Å²) in [6, 6.07) is 2.52. The van der Waals surface area contributed by atoms with Gasteiger partial charge in [-0.15, -0.1) is 0 Å². The Kier molecular flexibility index (Phi) is 4.48. The van der Waals surface area contributed by atoms with Crippen molar-refractivity contribution in [1.82, 2.24) is 9.97 Å².